The third kappa shape index (κ3) is 5.73. The summed E-state index contributed by atoms with van der Waals surface area (Å²) in [6.45, 7) is 0.562. The predicted octanol–water partition coefficient (Wildman–Crippen LogP) is 0.642. The Morgan fingerprint density at radius 3 is 2.86 bits per heavy atom. The van der Waals surface area contributed by atoms with Crippen molar-refractivity contribution in [2.45, 2.75) is 6.42 Å². The van der Waals surface area contributed by atoms with E-state index in [0.29, 0.717) is 6.54 Å². The van der Waals surface area contributed by atoms with Crippen molar-refractivity contribution in [2.24, 2.45) is 4.99 Å². The van der Waals surface area contributed by atoms with Gasteiger partial charge in [0.25, 0.3) is 0 Å². The molecule has 0 fully saturated rings. The summed E-state index contributed by atoms with van der Waals surface area (Å²) in [6.07, 6.45) is 2.30. The molecule has 0 aliphatic heterocycles. The highest BCUT2D eigenvalue weighted by atomic mass is 32.1. The Morgan fingerprint density at radius 2 is 2.43 bits per heavy atom. The van der Waals surface area contributed by atoms with Gasteiger partial charge in [0.05, 0.1) is 6.54 Å². The zero-order chi connectivity index (χ0) is 5.54. The standard InChI is InChI=1S/C4H7NOS/c6-4-5-2-1-3-7/h7H,1-3H2. The molecular weight excluding hydrogens is 110 g/mol. The molecule has 0 saturated carbocycles. The van der Waals surface area contributed by atoms with E-state index in [1.54, 1.807) is 0 Å². The van der Waals surface area contributed by atoms with Crippen LogP contribution >= 0.6 is 12.6 Å². The monoisotopic (exact) mass is 117 g/mol. The smallest absolute Gasteiger partial charge is 0.211 e. The van der Waals surface area contributed by atoms with Crippen LogP contribution in [0.15, 0.2) is 4.99 Å². The molecule has 0 rings (SSSR count). The highest BCUT2D eigenvalue weighted by Gasteiger charge is 1.75. The predicted molar refractivity (Wildman–Crippen MR) is 31.5 cm³/mol. The molecule has 0 aromatic rings. The van der Waals surface area contributed by atoms with Crippen LogP contribution in [0, 0.1) is 0 Å². The van der Waals surface area contributed by atoms with Gasteiger partial charge in [-0.3, -0.25) is 0 Å². The van der Waals surface area contributed by atoms with E-state index in [0.717, 1.165) is 12.2 Å². The molecule has 0 spiro atoms. The summed E-state index contributed by atoms with van der Waals surface area (Å²) in [5.74, 6) is 0.783. The topological polar surface area (TPSA) is 29.4 Å². The largest absolute Gasteiger partial charge is 0.234 e. The van der Waals surface area contributed by atoms with Gasteiger partial charge in [-0.25, -0.2) is 9.79 Å². The number of carbonyl (C=O) groups excluding carboxylic acids is 1. The molecule has 0 aliphatic carbocycles. The zero-order valence-electron chi connectivity index (χ0n) is 3.92. The Labute approximate surface area is 48.0 Å². The van der Waals surface area contributed by atoms with Crippen molar-refractivity contribution in [1.82, 2.24) is 0 Å². The molecule has 0 bridgehead atoms. The van der Waals surface area contributed by atoms with Crippen LogP contribution in [0.2, 0.25) is 0 Å². The molecule has 0 atom stereocenters. The van der Waals surface area contributed by atoms with Gasteiger partial charge in [-0.15, -0.1) is 0 Å². The van der Waals surface area contributed by atoms with Gasteiger partial charge in [-0.2, -0.15) is 12.6 Å². The van der Waals surface area contributed by atoms with Crippen LogP contribution in [0.1, 0.15) is 6.42 Å². The molecule has 0 aliphatic rings. The molecule has 0 aromatic heterocycles. The third-order valence-corrected chi connectivity index (χ3v) is 0.809. The normalized spacial score (nSPS) is 7.57. The Bertz CT molecular complexity index is 77.8. The number of hydrogen-bond donors (Lipinski definition) is 1. The van der Waals surface area contributed by atoms with Gasteiger partial charge in [0.15, 0.2) is 0 Å². The van der Waals surface area contributed by atoms with Crippen LogP contribution in [-0.2, 0) is 4.79 Å². The van der Waals surface area contributed by atoms with E-state index in [1.165, 1.54) is 6.08 Å². The Morgan fingerprint density at radius 1 is 1.71 bits per heavy atom. The van der Waals surface area contributed by atoms with E-state index in [2.05, 4.69) is 17.6 Å². The molecular formula is C4H7NOS. The number of rotatable bonds is 3. The summed E-state index contributed by atoms with van der Waals surface area (Å²) in [7, 11) is 0. The van der Waals surface area contributed by atoms with Gasteiger partial charge in [-0.1, -0.05) is 0 Å². The lowest BCUT2D eigenvalue weighted by Gasteiger charge is -1.80. The lowest BCUT2D eigenvalue weighted by Crippen LogP contribution is -1.78. The van der Waals surface area contributed by atoms with E-state index in [9.17, 15) is 4.79 Å². The average molecular weight is 117 g/mol. The van der Waals surface area contributed by atoms with Crippen LogP contribution in [0.4, 0.5) is 0 Å². The van der Waals surface area contributed by atoms with Crippen molar-refractivity contribution >= 4 is 18.7 Å². The molecule has 0 saturated heterocycles. The second kappa shape index (κ2) is 5.73. The summed E-state index contributed by atoms with van der Waals surface area (Å²) in [6, 6.07) is 0. The fraction of sp³-hybridized carbons (Fsp3) is 0.750. The fourth-order valence-electron chi connectivity index (χ4n) is 0.195. The Balaban J connectivity index is 2.83. The molecule has 0 aromatic carbocycles. The Kier molecular flexibility index (Phi) is 5.51. The first kappa shape index (κ1) is 6.73. The second-order valence-electron chi connectivity index (χ2n) is 1.05. The lowest BCUT2D eigenvalue weighted by molar-refractivity contribution is 0.563. The van der Waals surface area contributed by atoms with Gasteiger partial charge < -0.3 is 0 Å². The zero-order valence-corrected chi connectivity index (χ0v) is 4.82. The number of nitrogens with zero attached hydrogens (tertiary/aromatic N) is 1. The molecule has 0 heterocycles. The molecule has 0 unspecified atom stereocenters. The number of hydrogen-bond acceptors (Lipinski definition) is 3. The fourth-order valence-corrected chi connectivity index (χ4v) is 0.337. The molecule has 40 valence electrons. The van der Waals surface area contributed by atoms with Gasteiger partial charge in [0, 0.05) is 0 Å². The summed E-state index contributed by atoms with van der Waals surface area (Å²) >= 11 is 3.90. The summed E-state index contributed by atoms with van der Waals surface area (Å²) in [5.41, 5.74) is 0. The van der Waals surface area contributed by atoms with Crippen molar-refractivity contribution in [3.8, 4) is 0 Å². The van der Waals surface area contributed by atoms with Crippen molar-refractivity contribution in [3.05, 3.63) is 0 Å². The maximum absolute atomic E-state index is 9.36. The Hall–Kier alpha value is -0.270. The highest BCUT2D eigenvalue weighted by Crippen LogP contribution is 1.81. The van der Waals surface area contributed by atoms with E-state index in [4.69, 9.17) is 0 Å². The summed E-state index contributed by atoms with van der Waals surface area (Å²) in [4.78, 5) is 12.7. The average Bonchev–Trinajstić information content (AvgIpc) is 1.69. The molecule has 0 amide bonds. The van der Waals surface area contributed by atoms with Crippen molar-refractivity contribution in [1.29, 1.82) is 0 Å². The number of isocyanates is 1. The lowest BCUT2D eigenvalue weighted by atomic mass is 10.5. The van der Waals surface area contributed by atoms with Gasteiger partial charge >= 0.3 is 0 Å². The highest BCUT2D eigenvalue weighted by molar-refractivity contribution is 7.80. The van der Waals surface area contributed by atoms with Gasteiger partial charge in [-0.05, 0) is 12.2 Å². The van der Waals surface area contributed by atoms with E-state index < -0.39 is 0 Å². The van der Waals surface area contributed by atoms with E-state index >= 15 is 0 Å². The van der Waals surface area contributed by atoms with Crippen LogP contribution < -0.4 is 0 Å². The SMILES string of the molecule is O=C=NCCCS. The van der Waals surface area contributed by atoms with Crippen LogP contribution in [0.3, 0.4) is 0 Å². The number of aliphatic imine (C=N–C) groups is 1. The van der Waals surface area contributed by atoms with Crippen LogP contribution in [0.25, 0.3) is 0 Å². The van der Waals surface area contributed by atoms with Crippen molar-refractivity contribution in [3.63, 3.8) is 0 Å². The minimum absolute atomic E-state index is 0.562. The number of thiol groups is 1. The van der Waals surface area contributed by atoms with Gasteiger partial charge in [0.1, 0.15) is 0 Å². The van der Waals surface area contributed by atoms with Gasteiger partial charge in [0.2, 0.25) is 6.08 Å². The maximum Gasteiger partial charge on any atom is 0.234 e. The van der Waals surface area contributed by atoms with Crippen molar-refractivity contribution < 1.29 is 4.79 Å². The maximum atomic E-state index is 9.36. The molecule has 3 heteroatoms. The first-order chi connectivity index (χ1) is 3.41. The minimum Gasteiger partial charge on any atom is -0.211 e. The second-order valence-corrected chi connectivity index (χ2v) is 1.50. The van der Waals surface area contributed by atoms with Crippen LogP contribution in [0.5, 0.6) is 0 Å². The van der Waals surface area contributed by atoms with E-state index in [1.807, 2.05) is 0 Å². The molecule has 0 N–H and O–H groups in total. The third-order valence-electron chi connectivity index (χ3n) is 0.493. The van der Waals surface area contributed by atoms with Crippen molar-refractivity contribution in [2.75, 3.05) is 12.3 Å². The summed E-state index contributed by atoms with van der Waals surface area (Å²) in [5, 5.41) is 0. The first-order valence-electron chi connectivity index (χ1n) is 2.06. The summed E-state index contributed by atoms with van der Waals surface area (Å²) < 4.78 is 0. The molecule has 7 heavy (non-hydrogen) atoms. The first-order valence-corrected chi connectivity index (χ1v) is 2.69. The molecule has 0 radical (unpaired) electrons. The molecule has 2 nitrogen and oxygen atoms in total. The van der Waals surface area contributed by atoms with E-state index in [-0.39, 0.29) is 0 Å². The van der Waals surface area contributed by atoms with Crippen LogP contribution in [-0.4, -0.2) is 18.4 Å². The minimum atomic E-state index is 0.562. The quantitative estimate of drug-likeness (QED) is 0.250.